The molecule has 0 spiro atoms. The lowest BCUT2D eigenvalue weighted by molar-refractivity contribution is -0.137. The molecular weight excluding hydrogens is 549 g/mol. The molecular formula is C29H20F5N3O4. The Morgan fingerprint density at radius 3 is 2.27 bits per heavy atom. The van der Waals surface area contributed by atoms with Crippen LogP contribution in [0.25, 0.3) is 11.1 Å². The zero-order valence-corrected chi connectivity index (χ0v) is 21.3. The number of rotatable bonds is 6. The second kappa shape index (κ2) is 9.43. The van der Waals surface area contributed by atoms with Crippen molar-refractivity contribution >= 4 is 22.7 Å². The Bertz CT molecular complexity index is 1780. The first-order valence-electron chi connectivity index (χ1n) is 12.4. The molecule has 1 aromatic heterocycles. The van der Waals surface area contributed by atoms with E-state index >= 15 is 0 Å². The molecule has 0 saturated heterocycles. The quantitative estimate of drug-likeness (QED) is 0.277. The van der Waals surface area contributed by atoms with Gasteiger partial charge in [-0.05, 0) is 54.1 Å². The molecule has 41 heavy (non-hydrogen) atoms. The number of benzene rings is 3. The maximum absolute atomic E-state index is 14.3. The molecule has 1 amide bonds. The highest BCUT2D eigenvalue weighted by Gasteiger charge is 2.47. The van der Waals surface area contributed by atoms with Crippen LogP contribution in [0.1, 0.15) is 29.7 Å². The maximum atomic E-state index is 14.3. The highest BCUT2D eigenvalue weighted by Crippen LogP contribution is 2.45. The van der Waals surface area contributed by atoms with Crippen molar-refractivity contribution in [3.05, 3.63) is 105 Å². The number of oxazole rings is 1. The van der Waals surface area contributed by atoms with Crippen molar-refractivity contribution in [1.29, 1.82) is 0 Å². The Labute approximate surface area is 228 Å². The van der Waals surface area contributed by atoms with Gasteiger partial charge in [0.05, 0.1) is 35.9 Å². The van der Waals surface area contributed by atoms with Crippen LogP contribution in [0, 0.1) is 0 Å². The fraction of sp³-hybridized carbons (Fsp3) is 0.207. The Balaban J connectivity index is 1.36. The predicted molar refractivity (Wildman–Crippen MR) is 138 cm³/mol. The summed E-state index contributed by atoms with van der Waals surface area (Å²) in [4.78, 5) is 33.4. The molecule has 0 aliphatic carbocycles. The van der Waals surface area contributed by atoms with Crippen LogP contribution in [-0.4, -0.2) is 40.5 Å². The molecule has 0 bridgehead atoms. The number of nitrogens with zero attached hydrogens (tertiary/aromatic N) is 2. The van der Waals surface area contributed by atoms with Gasteiger partial charge in [0, 0.05) is 23.6 Å². The smallest absolute Gasteiger partial charge is 0.417 e. The molecule has 2 aliphatic heterocycles. The van der Waals surface area contributed by atoms with Crippen molar-refractivity contribution in [3.8, 4) is 11.5 Å². The van der Waals surface area contributed by atoms with Crippen molar-refractivity contribution in [3.63, 3.8) is 0 Å². The molecule has 0 saturated carbocycles. The second-order valence-corrected chi connectivity index (χ2v) is 9.85. The van der Waals surface area contributed by atoms with Gasteiger partial charge >= 0.3 is 11.9 Å². The molecule has 210 valence electrons. The number of aromatic amines is 1. The summed E-state index contributed by atoms with van der Waals surface area (Å²) in [5.74, 6) is -3.97. The van der Waals surface area contributed by atoms with Crippen LogP contribution < -0.4 is 10.5 Å². The topological polar surface area (TPSA) is 87.9 Å². The van der Waals surface area contributed by atoms with E-state index in [1.165, 1.54) is 24.3 Å². The van der Waals surface area contributed by atoms with Crippen molar-refractivity contribution in [1.82, 2.24) is 9.88 Å². The van der Waals surface area contributed by atoms with Crippen LogP contribution in [0.4, 0.5) is 22.0 Å². The van der Waals surface area contributed by atoms with Gasteiger partial charge in [0.25, 0.3) is 11.8 Å². The van der Waals surface area contributed by atoms with Crippen LogP contribution >= 0.6 is 0 Å². The summed E-state index contributed by atoms with van der Waals surface area (Å²) in [7, 11) is 0. The number of alkyl halides is 5. The Morgan fingerprint density at radius 1 is 0.976 bits per heavy atom. The SMILES string of the molecule is CC(F)(F)CN1C(=O)C2=C(C(c3cccc4[nH]c(=O)oc34)=NC2)C1c1ccc(Oc2ccc(C(F)(F)F)cc2)cc1. The number of hydrogen-bond donors (Lipinski definition) is 1. The van der Waals surface area contributed by atoms with Crippen molar-refractivity contribution in [2.75, 3.05) is 13.1 Å². The Morgan fingerprint density at radius 2 is 1.63 bits per heavy atom. The number of halogens is 5. The highest BCUT2D eigenvalue weighted by atomic mass is 19.4. The third-order valence-electron chi connectivity index (χ3n) is 6.84. The molecule has 6 rings (SSSR count). The van der Waals surface area contributed by atoms with E-state index in [2.05, 4.69) is 9.98 Å². The molecule has 7 nitrogen and oxygen atoms in total. The zero-order chi connectivity index (χ0) is 29.1. The molecule has 3 heterocycles. The van der Waals surface area contributed by atoms with Gasteiger partial charge in [0.15, 0.2) is 5.58 Å². The lowest BCUT2D eigenvalue weighted by atomic mass is 9.91. The minimum Gasteiger partial charge on any atom is -0.457 e. The van der Waals surface area contributed by atoms with E-state index in [4.69, 9.17) is 9.15 Å². The summed E-state index contributed by atoms with van der Waals surface area (Å²) in [6.45, 7) is -0.137. The number of aromatic nitrogens is 1. The summed E-state index contributed by atoms with van der Waals surface area (Å²) in [6.07, 6.45) is -4.48. The van der Waals surface area contributed by atoms with Gasteiger partial charge in [0.1, 0.15) is 11.5 Å². The standard InChI is InChI=1S/C29H20F5N3O4/c1-28(30,31)14-37-24(15-5-9-17(10-6-15)40-18-11-7-16(8-12-18)29(32,33)34)22-20(26(37)38)13-35-23(22)19-3-2-4-21-25(19)41-27(39)36-21/h2-12,24H,13-14H2,1H3,(H,36,39). The van der Waals surface area contributed by atoms with Crippen molar-refractivity contribution in [2.45, 2.75) is 25.1 Å². The molecule has 3 aromatic carbocycles. The fourth-order valence-electron chi connectivity index (χ4n) is 5.16. The molecule has 1 unspecified atom stereocenters. The van der Waals surface area contributed by atoms with Crippen LogP contribution in [0.15, 0.2) is 92.1 Å². The number of nitrogens with one attached hydrogen (secondary N) is 1. The average molecular weight is 569 g/mol. The molecule has 1 N–H and O–H groups in total. The summed E-state index contributed by atoms with van der Waals surface area (Å²) in [6, 6.07) is 14.5. The van der Waals surface area contributed by atoms with Crippen molar-refractivity contribution < 1.29 is 35.9 Å². The first-order chi connectivity index (χ1) is 19.4. The summed E-state index contributed by atoms with van der Waals surface area (Å²) < 4.78 is 78.1. The Kier molecular flexibility index (Phi) is 6.09. The number of carbonyl (C=O) groups excluding carboxylic acids is 1. The molecule has 0 fully saturated rings. The second-order valence-electron chi connectivity index (χ2n) is 9.85. The lowest BCUT2D eigenvalue weighted by Gasteiger charge is -2.30. The van der Waals surface area contributed by atoms with Crippen LogP contribution in [0.3, 0.4) is 0 Å². The van der Waals surface area contributed by atoms with E-state index in [1.54, 1.807) is 30.3 Å². The van der Waals surface area contributed by atoms with E-state index in [9.17, 15) is 31.5 Å². The molecule has 0 radical (unpaired) electrons. The van der Waals surface area contributed by atoms with Gasteiger partial charge in [-0.2, -0.15) is 13.2 Å². The molecule has 1 atom stereocenters. The monoisotopic (exact) mass is 569 g/mol. The van der Waals surface area contributed by atoms with Gasteiger partial charge in [-0.3, -0.25) is 14.8 Å². The van der Waals surface area contributed by atoms with Gasteiger partial charge in [-0.1, -0.05) is 18.2 Å². The largest absolute Gasteiger partial charge is 0.457 e. The zero-order valence-electron chi connectivity index (χ0n) is 21.3. The van der Waals surface area contributed by atoms with Gasteiger partial charge < -0.3 is 14.1 Å². The summed E-state index contributed by atoms with van der Waals surface area (Å²) in [5.41, 5.74) is 1.84. The fourth-order valence-corrected chi connectivity index (χ4v) is 5.16. The van der Waals surface area contributed by atoms with Crippen molar-refractivity contribution in [2.24, 2.45) is 4.99 Å². The van der Waals surface area contributed by atoms with E-state index in [-0.39, 0.29) is 23.5 Å². The number of amides is 1. The first kappa shape index (κ1) is 26.5. The predicted octanol–water partition coefficient (Wildman–Crippen LogP) is 6.27. The molecule has 12 heteroatoms. The van der Waals surface area contributed by atoms with E-state index in [0.717, 1.165) is 24.0 Å². The lowest BCUT2D eigenvalue weighted by Crippen LogP contribution is -2.40. The first-order valence-corrected chi connectivity index (χ1v) is 12.4. The summed E-state index contributed by atoms with van der Waals surface area (Å²) in [5, 5.41) is 0. The van der Waals surface area contributed by atoms with Gasteiger partial charge in [-0.15, -0.1) is 0 Å². The minimum atomic E-state index is -4.48. The highest BCUT2D eigenvalue weighted by molar-refractivity contribution is 6.25. The van der Waals surface area contributed by atoms with E-state index in [0.29, 0.717) is 33.7 Å². The third-order valence-corrected chi connectivity index (χ3v) is 6.84. The number of hydrogen-bond acceptors (Lipinski definition) is 5. The Hall–Kier alpha value is -4.74. The number of para-hydroxylation sites is 1. The number of H-pyrrole nitrogens is 1. The van der Waals surface area contributed by atoms with Crippen LogP contribution in [0.5, 0.6) is 11.5 Å². The molecule has 2 aliphatic rings. The summed E-state index contributed by atoms with van der Waals surface area (Å²) >= 11 is 0. The number of aliphatic imine (C=N–C) groups is 1. The number of ether oxygens (including phenoxy) is 1. The minimum absolute atomic E-state index is 0.0219. The number of carbonyl (C=O) groups is 1. The van der Waals surface area contributed by atoms with Gasteiger partial charge in [-0.25, -0.2) is 13.6 Å². The van der Waals surface area contributed by atoms with Gasteiger partial charge in [0.2, 0.25) is 0 Å². The maximum Gasteiger partial charge on any atom is 0.417 e. The van der Waals surface area contributed by atoms with Crippen LogP contribution in [-0.2, 0) is 11.0 Å². The normalized spacial score (nSPS) is 17.4. The number of fused-ring (bicyclic) bond motifs is 1. The molecule has 4 aromatic rings. The third kappa shape index (κ3) is 4.90. The average Bonchev–Trinajstić information content (AvgIpc) is 3.57. The van der Waals surface area contributed by atoms with E-state index in [1.807, 2.05) is 0 Å². The van der Waals surface area contributed by atoms with E-state index < -0.39 is 41.9 Å². The van der Waals surface area contributed by atoms with Crippen LogP contribution in [0.2, 0.25) is 0 Å².